The lowest BCUT2D eigenvalue weighted by molar-refractivity contribution is -0.124. The predicted molar refractivity (Wildman–Crippen MR) is 110 cm³/mol. The molecule has 6 nitrogen and oxygen atoms in total. The van der Waals surface area contributed by atoms with Crippen LogP contribution in [0.1, 0.15) is 38.1 Å². The normalized spacial score (nSPS) is 10.6. The van der Waals surface area contributed by atoms with Gasteiger partial charge in [0.2, 0.25) is 0 Å². The molecule has 1 amide bonds. The zero-order valence-electron chi connectivity index (χ0n) is 15.2. The van der Waals surface area contributed by atoms with Crippen LogP contribution in [-0.2, 0) is 17.8 Å². The minimum Gasteiger partial charge on any atom is -0.327 e. The zero-order chi connectivity index (χ0) is 17.4. The Kier molecular flexibility index (Phi) is 11.9. The molecule has 1 heterocycles. The Hall–Kier alpha value is -1.60. The predicted octanol–water partition coefficient (Wildman–Crippen LogP) is 3.35. The zero-order valence-corrected chi connectivity index (χ0v) is 16.8. The number of likely N-dealkylation sites (N-methyl/N-ethyl adjacent to an activating group) is 1. The van der Waals surface area contributed by atoms with Gasteiger partial charge in [0.05, 0.1) is 11.0 Å². The van der Waals surface area contributed by atoms with Crippen LogP contribution in [0.5, 0.6) is 0 Å². The first-order chi connectivity index (χ1) is 11.7. The van der Waals surface area contributed by atoms with Gasteiger partial charge in [-0.2, -0.15) is 0 Å². The summed E-state index contributed by atoms with van der Waals surface area (Å²) in [5.74, 6) is 0.564. The van der Waals surface area contributed by atoms with E-state index in [0.29, 0.717) is 0 Å². The molecular formula is C18H28Cl2N4O2. The molecule has 2 rings (SSSR count). The van der Waals surface area contributed by atoms with E-state index in [-0.39, 0.29) is 24.8 Å². The number of carbonyl (C=O) groups excluding carboxylic acids is 1. The first kappa shape index (κ1) is 24.4. The monoisotopic (exact) mass is 402 g/mol. The van der Waals surface area contributed by atoms with Gasteiger partial charge in [-0.1, -0.05) is 26.3 Å². The third-order valence-corrected chi connectivity index (χ3v) is 3.90. The average molecular weight is 403 g/mol. The molecule has 26 heavy (non-hydrogen) atoms. The minimum atomic E-state index is -0.546. The number of hydrogen-bond acceptors (Lipinski definition) is 4. The summed E-state index contributed by atoms with van der Waals surface area (Å²) in [5.41, 5.74) is 4.51. The lowest BCUT2D eigenvalue weighted by Crippen LogP contribution is -2.20. The van der Waals surface area contributed by atoms with Gasteiger partial charge in [0.1, 0.15) is 5.82 Å². The molecule has 0 unspecified atom stereocenters. The molecule has 0 aliphatic heterocycles. The third-order valence-electron chi connectivity index (χ3n) is 3.90. The van der Waals surface area contributed by atoms with Crippen LogP contribution in [0.4, 0.5) is 0 Å². The van der Waals surface area contributed by atoms with Crippen LogP contribution < -0.4 is 10.8 Å². The Bertz CT molecular complexity index is 717. The van der Waals surface area contributed by atoms with Gasteiger partial charge in [-0.3, -0.25) is 10.0 Å². The number of carbonyl (C=O) groups is 1. The summed E-state index contributed by atoms with van der Waals surface area (Å²) in [6.07, 6.45) is 6.18. The van der Waals surface area contributed by atoms with Crippen molar-refractivity contribution in [3.63, 3.8) is 0 Å². The fourth-order valence-corrected chi connectivity index (χ4v) is 2.65. The molecule has 0 fully saturated rings. The van der Waals surface area contributed by atoms with Gasteiger partial charge in [0.15, 0.2) is 0 Å². The second-order valence-electron chi connectivity index (χ2n) is 5.69. The molecule has 0 bridgehead atoms. The lowest BCUT2D eigenvalue weighted by Gasteiger charge is -2.09. The summed E-state index contributed by atoms with van der Waals surface area (Å²) in [5, 5.41) is 11.9. The molecule has 8 heteroatoms. The summed E-state index contributed by atoms with van der Waals surface area (Å²) in [6, 6.07) is 5.97. The van der Waals surface area contributed by atoms with E-state index in [1.165, 1.54) is 6.08 Å². The van der Waals surface area contributed by atoms with E-state index in [1.54, 1.807) is 11.6 Å². The SMILES string of the molecule is CCCCc1nc2cc(/C=C/C(=O)NO)ccc2n1CCNCC.Cl.Cl. The van der Waals surface area contributed by atoms with Crippen molar-refractivity contribution in [1.82, 2.24) is 20.3 Å². The topological polar surface area (TPSA) is 79.2 Å². The van der Waals surface area contributed by atoms with Crippen LogP contribution in [0.15, 0.2) is 24.3 Å². The number of hydrogen-bond donors (Lipinski definition) is 3. The first-order valence-electron chi connectivity index (χ1n) is 8.51. The number of nitrogens with zero attached hydrogens (tertiary/aromatic N) is 2. The highest BCUT2D eigenvalue weighted by Gasteiger charge is 2.10. The van der Waals surface area contributed by atoms with E-state index in [1.807, 2.05) is 18.2 Å². The molecule has 0 atom stereocenters. The van der Waals surface area contributed by atoms with Gasteiger partial charge in [-0.25, -0.2) is 10.5 Å². The van der Waals surface area contributed by atoms with Crippen molar-refractivity contribution in [2.45, 2.75) is 39.7 Å². The molecule has 3 N–H and O–H groups in total. The van der Waals surface area contributed by atoms with Gasteiger partial charge in [0, 0.05) is 25.6 Å². The van der Waals surface area contributed by atoms with Crippen LogP contribution in [0.3, 0.4) is 0 Å². The molecule has 0 saturated carbocycles. The molecule has 0 aliphatic carbocycles. The number of hydroxylamine groups is 1. The smallest absolute Gasteiger partial charge is 0.267 e. The summed E-state index contributed by atoms with van der Waals surface area (Å²) < 4.78 is 2.28. The molecule has 1 aromatic carbocycles. The van der Waals surface area contributed by atoms with E-state index < -0.39 is 5.91 Å². The average Bonchev–Trinajstić information content (AvgIpc) is 2.95. The highest BCUT2D eigenvalue weighted by atomic mass is 35.5. The van der Waals surface area contributed by atoms with Crippen molar-refractivity contribution in [2.24, 2.45) is 0 Å². The second kappa shape index (κ2) is 12.7. The molecule has 0 spiro atoms. The molecule has 0 aliphatic rings. The van der Waals surface area contributed by atoms with Gasteiger partial charge < -0.3 is 9.88 Å². The fraction of sp³-hybridized carbons (Fsp3) is 0.444. The standard InChI is InChI=1S/C18H26N4O2.2ClH/c1-3-5-6-17-20-15-13-14(8-10-18(23)21-24)7-9-16(15)22(17)12-11-19-4-2;;/h7-10,13,19,24H,3-6,11-12H2,1-2H3,(H,21,23);2*1H/b10-8+;;. The fourth-order valence-electron chi connectivity index (χ4n) is 2.65. The maximum absolute atomic E-state index is 11.1. The third kappa shape index (κ3) is 6.61. The molecule has 1 aromatic heterocycles. The number of aryl methyl sites for hydroxylation is 1. The Balaban J connectivity index is 0.00000312. The number of rotatable bonds is 9. The summed E-state index contributed by atoms with van der Waals surface area (Å²) >= 11 is 0. The first-order valence-corrected chi connectivity index (χ1v) is 8.51. The Morgan fingerprint density at radius 2 is 2.08 bits per heavy atom. The number of halogens is 2. The maximum Gasteiger partial charge on any atom is 0.267 e. The number of aromatic nitrogens is 2. The molecule has 0 radical (unpaired) electrons. The van der Waals surface area contributed by atoms with Gasteiger partial charge in [-0.05, 0) is 36.7 Å². The Morgan fingerprint density at radius 1 is 1.31 bits per heavy atom. The number of unbranched alkanes of at least 4 members (excludes halogenated alkanes) is 1. The summed E-state index contributed by atoms with van der Waals surface area (Å²) in [4.78, 5) is 15.9. The highest BCUT2D eigenvalue weighted by Crippen LogP contribution is 2.20. The van der Waals surface area contributed by atoms with Gasteiger partial charge in [0.25, 0.3) is 5.91 Å². The highest BCUT2D eigenvalue weighted by molar-refractivity contribution is 5.91. The van der Waals surface area contributed by atoms with Crippen LogP contribution in [0.25, 0.3) is 17.1 Å². The van der Waals surface area contributed by atoms with E-state index in [2.05, 4.69) is 23.7 Å². The number of amides is 1. The van der Waals surface area contributed by atoms with E-state index in [9.17, 15) is 4.79 Å². The van der Waals surface area contributed by atoms with Crippen molar-refractivity contribution in [2.75, 3.05) is 13.1 Å². The number of imidazole rings is 1. The number of benzene rings is 1. The molecular weight excluding hydrogens is 375 g/mol. The van der Waals surface area contributed by atoms with Crippen LogP contribution in [-0.4, -0.2) is 33.8 Å². The Labute approximate surface area is 166 Å². The minimum absolute atomic E-state index is 0. The van der Waals surface area contributed by atoms with Crippen LogP contribution >= 0.6 is 24.8 Å². The van der Waals surface area contributed by atoms with Gasteiger partial charge >= 0.3 is 0 Å². The largest absolute Gasteiger partial charge is 0.327 e. The van der Waals surface area contributed by atoms with Crippen LogP contribution in [0, 0.1) is 0 Å². The number of nitrogens with one attached hydrogen (secondary N) is 2. The van der Waals surface area contributed by atoms with Crippen LogP contribution in [0.2, 0.25) is 0 Å². The molecule has 146 valence electrons. The summed E-state index contributed by atoms with van der Waals surface area (Å²) in [6.45, 7) is 7.05. The van der Waals surface area contributed by atoms with E-state index in [4.69, 9.17) is 10.2 Å². The van der Waals surface area contributed by atoms with E-state index >= 15 is 0 Å². The molecule has 0 saturated heterocycles. The number of fused-ring (bicyclic) bond motifs is 1. The van der Waals surface area contributed by atoms with Crippen molar-refractivity contribution >= 4 is 47.8 Å². The maximum atomic E-state index is 11.1. The lowest BCUT2D eigenvalue weighted by atomic mass is 10.2. The van der Waals surface area contributed by atoms with E-state index in [0.717, 1.165) is 61.3 Å². The van der Waals surface area contributed by atoms with Crippen molar-refractivity contribution in [3.05, 3.63) is 35.7 Å². The second-order valence-corrected chi connectivity index (χ2v) is 5.69. The molecule has 2 aromatic rings. The summed E-state index contributed by atoms with van der Waals surface area (Å²) in [7, 11) is 0. The van der Waals surface area contributed by atoms with Crippen molar-refractivity contribution in [1.29, 1.82) is 0 Å². The van der Waals surface area contributed by atoms with Crippen molar-refractivity contribution in [3.8, 4) is 0 Å². The van der Waals surface area contributed by atoms with Crippen molar-refractivity contribution < 1.29 is 10.0 Å². The van der Waals surface area contributed by atoms with Gasteiger partial charge in [-0.15, -0.1) is 24.8 Å². The quantitative estimate of drug-likeness (QED) is 0.260. The Morgan fingerprint density at radius 3 is 2.73 bits per heavy atom.